The average Bonchev–Trinajstić information content (AvgIpc) is 3.37. The lowest BCUT2D eigenvalue weighted by atomic mass is 9.49. The van der Waals surface area contributed by atoms with Crippen molar-refractivity contribution in [2.45, 2.75) is 78.2 Å². The van der Waals surface area contributed by atoms with Crippen molar-refractivity contribution in [3.05, 3.63) is 18.0 Å². The molecule has 4 aliphatic carbocycles. The van der Waals surface area contributed by atoms with Gasteiger partial charge in [0.15, 0.2) is 0 Å². The predicted molar refractivity (Wildman–Crippen MR) is 122 cm³/mol. The highest BCUT2D eigenvalue weighted by atomic mass is 16.5. The van der Waals surface area contributed by atoms with Gasteiger partial charge < -0.3 is 4.74 Å². The standard InChI is InChI=1S/C27H41N3O/c1-18(15-30-16-20(13-28)14-29-30)25-8-9-26-24-7-5-21-12-19(17-31-3)4-6-22(21)23(24)10-11-27(25,26)2/h14,16,18-19,21-26H,4-12,15,17H2,1-3H3/t18-,19+,21-,22+,23-,24-,25-,26?,27-/m1/s1. The molecule has 4 heteroatoms. The molecule has 0 amide bonds. The fourth-order valence-electron chi connectivity index (χ4n) is 9.26. The third-order valence-corrected chi connectivity index (χ3v) is 10.5. The number of fused-ring (bicyclic) bond motifs is 5. The summed E-state index contributed by atoms with van der Waals surface area (Å²) in [6, 6.07) is 2.22. The Balaban J connectivity index is 1.27. The monoisotopic (exact) mass is 423 g/mol. The van der Waals surface area contributed by atoms with Crippen LogP contribution < -0.4 is 0 Å². The number of hydrogen-bond acceptors (Lipinski definition) is 3. The van der Waals surface area contributed by atoms with Crippen LogP contribution >= 0.6 is 0 Å². The number of rotatable bonds is 5. The van der Waals surface area contributed by atoms with Crippen LogP contribution in [-0.2, 0) is 11.3 Å². The van der Waals surface area contributed by atoms with Crippen LogP contribution in [0.5, 0.6) is 0 Å². The molecule has 5 rings (SSSR count). The average molecular weight is 424 g/mol. The Bertz CT molecular complexity index is 812. The molecule has 31 heavy (non-hydrogen) atoms. The minimum atomic E-state index is 0.506. The molecule has 0 radical (unpaired) electrons. The smallest absolute Gasteiger partial charge is 0.102 e. The zero-order valence-electron chi connectivity index (χ0n) is 19.8. The van der Waals surface area contributed by atoms with Gasteiger partial charge in [-0.3, -0.25) is 4.68 Å². The number of methoxy groups -OCH3 is 1. The Morgan fingerprint density at radius 3 is 2.77 bits per heavy atom. The molecule has 9 atom stereocenters. The van der Waals surface area contributed by atoms with Gasteiger partial charge in [-0.15, -0.1) is 0 Å². The Morgan fingerprint density at radius 1 is 1.16 bits per heavy atom. The highest BCUT2D eigenvalue weighted by Crippen LogP contribution is 2.65. The van der Waals surface area contributed by atoms with E-state index in [2.05, 4.69) is 25.0 Å². The number of aromatic nitrogens is 2. The summed E-state index contributed by atoms with van der Waals surface area (Å²) in [6.45, 7) is 7.01. The molecule has 4 nitrogen and oxygen atoms in total. The molecule has 4 fully saturated rings. The first-order chi connectivity index (χ1) is 15.0. The summed E-state index contributed by atoms with van der Waals surface area (Å²) >= 11 is 0. The second-order valence-corrected chi connectivity index (χ2v) is 11.8. The van der Waals surface area contributed by atoms with Crippen molar-refractivity contribution in [1.82, 2.24) is 9.78 Å². The largest absolute Gasteiger partial charge is 0.384 e. The first-order valence-corrected chi connectivity index (χ1v) is 12.9. The van der Waals surface area contributed by atoms with Crippen LogP contribution in [0, 0.1) is 64.1 Å². The van der Waals surface area contributed by atoms with Gasteiger partial charge >= 0.3 is 0 Å². The summed E-state index contributed by atoms with van der Waals surface area (Å²) in [5.74, 6) is 7.12. The topological polar surface area (TPSA) is 50.8 Å². The van der Waals surface area contributed by atoms with Crippen LogP contribution in [0.15, 0.2) is 12.4 Å². The molecule has 1 unspecified atom stereocenters. The molecule has 0 bridgehead atoms. The maximum absolute atomic E-state index is 9.12. The van der Waals surface area contributed by atoms with Crippen molar-refractivity contribution in [3.63, 3.8) is 0 Å². The molecule has 0 N–H and O–H groups in total. The Labute approximate surface area is 188 Å². The Hall–Kier alpha value is -1.34. The van der Waals surface area contributed by atoms with Crippen LogP contribution in [0.4, 0.5) is 0 Å². The summed E-state index contributed by atoms with van der Waals surface area (Å²) in [6.07, 6.45) is 16.6. The fourth-order valence-corrected chi connectivity index (χ4v) is 9.26. The number of ether oxygens (including phenoxy) is 1. The molecule has 0 saturated heterocycles. The van der Waals surface area contributed by atoms with E-state index in [4.69, 9.17) is 10.00 Å². The maximum atomic E-state index is 9.12. The third-order valence-electron chi connectivity index (χ3n) is 10.5. The highest BCUT2D eigenvalue weighted by Gasteiger charge is 2.57. The molecule has 1 aromatic heterocycles. The van der Waals surface area contributed by atoms with Gasteiger partial charge in [-0.2, -0.15) is 10.4 Å². The van der Waals surface area contributed by atoms with E-state index in [1.807, 2.05) is 18.0 Å². The molecular weight excluding hydrogens is 382 g/mol. The minimum Gasteiger partial charge on any atom is -0.384 e. The van der Waals surface area contributed by atoms with E-state index in [1.165, 1.54) is 57.8 Å². The van der Waals surface area contributed by atoms with Gasteiger partial charge in [0.2, 0.25) is 0 Å². The molecular formula is C27H41N3O. The van der Waals surface area contributed by atoms with E-state index in [0.29, 0.717) is 16.9 Å². The van der Waals surface area contributed by atoms with E-state index in [0.717, 1.165) is 54.6 Å². The number of hydrogen-bond donors (Lipinski definition) is 0. The summed E-state index contributed by atoms with van der Waals surface area (Å²) in [5, 5.41) is 13.6. The van der Waals surface area contributed by atoms with E-state index in [1.54, 1.807) is 6.20 Å². The molecule has 0 aromatic carbocycles. The van der Waals surface area contributed by atoms with E-state index in [9.17, 15) is 0 Å². The van der Waals surface area contributed by atoms with Gasteiger partial charge in [-0.25, -0.2) is 0 Å². The lowest BCUT2D eigenvalue weighted by Gasteiger charge is -2.57. The third kappa shape index (κ3) is 3.75. The summed E-state index contributed by atoms with van der Waals surface area (Å²) in [5.41, 5.74) is 1.19. The fraction of sp³-hybridized carbons (Fsp3) is 0.852. The van der Waals surface area contributed by atoms with Crippen LogP contribution in [0.25, 0.3) is 0 Å². The first-order valence-electron chi connectivity index (χ1n) is 12.9. The van der Waals surface area contributed by atoms with Gasteiger partial charge in [0.05, 0.1) is 11.8 Å². The van der Waals surface area contributed by atoms with Gasteiger partial charge in [0, 0.05) is 26.5 Å². The quantitative estimate of drug-likeness (QED) is 0.590. The Morgan fingerprint density at radius 2 is 2.00 bits per heavy atom. The second kappa shape index (κ2) is 8.54. The molecule has 4 aliphatic rings. The van der Waals surface area contributed by atoms with Crippen LogP contribution in [0.2, 0.25) is 0 Å². The van der Waals surface area contributed by atoms with E-state index >= 15 is 0 Å². The predicted octanol–water partition coefficient (Wildman–Crippen LogP) is 5.92. The van der Waals surface area contributed by atoms with E-state index in [-0.39, 0.29) is 0 Å². The Kier molecular flexibility index (Phi) is 5.93. The summed E-state index contributed by atoms with van der Waals surface area (Å²) in [4.78, 5) is 0. The van der Waals surface area contributed by atoms with Gasteiger partial charge in [-0.1, -0.05) is 13.8 Å². The SMILES string of the molecule is COC[C@H]1CC[C@H]2[C@H](CC[C@H]3C4CC[C@H]([C@H](C)Cn5cc(C#N)cn5)[C@@]4(C)CC[C@H]23)C1. The summed E-state index contributed by atoms with van der Waals surface area (Å²) in [7, 11) is 1.87. The van der Waals surface area contributed by atoms with Crippen LogP contribution in [0.1, 0.15) is 77.2 Å². The second-order valence-electron chi connectivity index (χ2n) is 11.8. The van der Waals surface area contributed by atoms with Gasteiger partial charge in [0.25, 0.3) is 0 Å². The first kappa shape index (κ1) is 21.5. The van der Waals surface area contributed by atoms with Crippen molar-refractivity contribution in [2.75, 3.05) is 13.7 Å². The van der Waals surface area contributed by atoms with E-state index < -0.39 is 0 Å². The van der Waals surface area contributed by atoms with Crippen LogP contribution in [-0.4, -0.2) is 23.5 Å². The molecule has 170 valence electrons. The van der Waals surface area contributed by atoms with Crippen molar-refractivity contribution in [3.8, 4) is 6.07 Å². The zero-order chi connectivity index (χ0) is 21.6. The molecule has 1 aromatic rings. The van der Waals surface area contributed by atoms with Gasteiger partial charge in [-0.05, 0) is 111 Å². The van der Waals surface area contributed by atoms with Crippen molar-refractivity contribution >= 4 is 0 Å². The van der Waals surface area contributed by atoms with Crippen molar-refractivity contribution in [1.29, 1.82) is 5.26 Å². The van der Waals surface area contributed by atoms with Gasteiger partial charge in [0.1, 0.15) is 6.07 Å². The molecule has 1 heterocycles. The molecule has 0 spiro atoms. The maximum Gasteiger partial charge on any atom is 0.102 e. The highest BCUT2D eigenvalue weighted by molar-refractivity contribution is 5.21. The zero-order valence-corrected chi connectivity index (χ0v) is 19.8. The minimum absolute atomic E-state index is 0.506. The summed E-state index contributed by atoms with van der Waals surface area (Å²) < 4.78 is 7.51. The molecule has 0 aliphatic heterocycles. The van der Waals surface area contributed by atoms with Crippen molar-refractivity contribution in [2.24, 2.45) is 52.8 Å². The van der Waals surface area contributed by atoms with Crippen molar-refractivity contribution < 1.29 is 4.74 Å². The lowest BCUT2D eigenvalue weighted by Crippen LogP contribution is -2.49. The lowest BCUT2D eigenvalue weighted by molar-refractivity contribution is -0.0777. The molecule has 4 saturated carbocycles. The number of nitrogens with zero attached hydrogens (tertiary/aromatic N) is 3. The van der Waals surface area contributed by atoms with Crippen LogP contribution in [0.3, 0.4) is 0 Å². The number of nitriles is 1. The normalized spacial score (nSPS) is 42.8.